The van der Waals surface area contributed by atoms with Crippen LogP contribution >= 0.6 is 0 Å². The first-order chi connectivity index (χ1) is 17.0. The molecule has 3 N–H and O–H groups in total. The molecule has 3 aromatic rings. The Balaban J connectivity index is 1.51. The number of fused-ring (bicyclic) bond motifs is 1. The average Bonchev–Trinajstić information content (AvgIpc) is 3.54. The van der Waals surface area contributed by atoms with Gasteiger partial charge in [-0.05, 0) is 55.3 Å². The number of hydrogen-bond acceptors (Lipinski definition) is 4. The van der Waals surface area contributed by atoms with Crippen LogP contribution in [0.3, 0.4) is 0 Å². The molecule has 2 unspecified atom stereocenters. The predicted octanol–water partition coefficient (Wildman–Crippen LogP) is 3.81. The number of carbonyl (C=O) groups is 2. The van der Waals surface area contributed by atoms with Gasteiger partial charge in [-0.1, -0.05) is 44.2 Å². The van der Waals surface area contributed by atoms with Crippen LogP contribution in [0.5, 0.6) is 5.75 Å². The fraction of sp³-hybridized carbons (Fsp3) is 0.429. The summed E-state index contributed by atoms with van der Waals surface area (Å²) in [5, 5.41) is 7.19. The van der Waals surface area contributed by atoms with E-state index >= 15 is 0 Å². The number of benzene rings is 2. The Labute approximate surface area is 207 Å². The number of aromatic amines is 1. The monoisotopic (exact) mass is 476 g/mol. The van der Waals surface area contributed by atoms with E-state index < -0.39 is 6.04 Å². The molecule has 0 saturated carbocycles. The number of nitrogens with zero attached hydrogens (tertiary/aromatic N) is 1. The zero-order chi connectivity index (χ0) is 24.8. The first-order valence-corrected chi connectivity index (χ1v) is 12.5. The molecule has 2 heterocycles. The standard InChI is InChI=1S/C28H36N4O3/c1-19(2)27(33)31-25(16-21-17-29-24-9-5-4-8-23(21)24)28(34)30-18-26(32-14-6-7-15-32)20-10-12-22(35-3)13-11-20/h4-5,8-13,17,19,25-26,29H,6-7,14-16,18H2,1-3H3,(H,30,34)(H,31,33). The maximum Gasteiger partial charge on any atom is 0.242 e. The molecular weight excluding hydrogens is 440 g/mol. The molecule has 1 aliphatic heterocycles. The van der Waals surface area contributed by atoms with E-state index in [0.29, 0.717) is 13.0 Å². The highest BCUT2D eigenvalue weighted by molar-refractivity contribution is 5.90. The van der Waals surface area contributed by atoms with Crippen molar-refractivity contribution in [1.29, 1.82) is 0 Å². The van der Waals surface area contributed by atoms with Crippen LogP contribution in [0, 0.1) is 5.92 Å². The molecule has 35 heavy (non-hydrogen) atoms. The number of rotatable bonds is 10. The van der Waals surface area contributed by atoms with E-state index in [0.717, 1.165) is 53.7 Å². The lowest BCUT2D eigenvalue weighted by molar-refractivity contribution is -0.130. The molecule has 0 spiro atoms. The summed E-state index contributed by atoms with van der Waals surface area (Å²) in [7, 11) is 1.66. The van der Waals surface area contributed by atoms with Gasteiger partial charge in [0.05, 0.1) is 13.2 Å². The summed E-state index contributed by atoms with van der Waals surface area (Å²) in [6.07, 6.45) is 4.67. The van der Waals surface area contributed by atoms with Crippen LogP contribution in [0.1, 0.15) is 43.9 Å². The van der Waals surface area contributed by atoms with Gasteiger partial charge in [0.1, 0.15) is 11.8 Å². The third kappa shape index (κ3) is 6.03. The van der Waals surface area contributed by atoms with Gasteiger partial charge in [0.15, 0.2) is 0 Å². The maximum atomic E-state index is 13.4. The maximum absolute atomic E-state index is 13.4. The van der Waals surface area contributed by atoms with Crippen molar-refractivity contribution in [3.05, 3.63) is 65.9 Å². The lowest BCUT2D eigenvalue weighted by atomic mass is 10.0. The summed E-state index contributed by atoms with van der Waals surface area (Å²) < 4.78 is 5.31. The number of carbonyl (C=O) groups excluding carboxylic acids is 2. The van der Waals surface area contributed by atoms with E-state index in [2.05, 4.69) is 32.7 Å². The number of aromatic nitrogens is 1. The molecule has 0 bridgehead atoms. The molecule has 0 radical (unpaired) electrons. The molecule has 7 nitrogen and oxygen atoms in total. The lowest BCUT2D eigenvalue weighted by Gasteiger charge is -2.29. The van der Waals surface area contributed by atoms with E-state index in [-0.39, 0.29) is 23.8 Å². The minimum Gasteiger partial charge on any atom is -0.497 e. The highest BCUT2D eigenvalue weighted by Crippen LogP contribution is 2.26. The number of nitrogens with one attached hydrogen (secondary N) is 3. The lowest BCUT2D eigenvalue weighted by Crippen LogP contribution is -2.50. The van der Waals surface area contributed by atoms with Crippen molar-refractivity contribution in [2.24, 2.45) is 5.92 Å². The third-order valence-corrected chi connectivity index (χ3v) is 6.81. The first kappa shape index (κ1) is 24.8. The fourth-order valence-corrected chi connectivity index (χ4v) is 4.73. The van der Waals surface area contributed by atoms with Crippen LogP contribution in [0.15, 0.2) is 54.7 Å². The number of amides is 2. The molecule has 2 atom stereocenters. The summed E-state index contributed by atoms with van der Waals surface area (Å²) >= 11 is 0. The van der Waals surface area contributed by atoms with Gasteiger partial charge in [-0.15, -0.1) is 0 Å². The van der Waals surface area contributed by atoms with Gasteiger partial charge in [0.25, 0.3) is 0 Å². The second kappa shape index (κ2) is 11.4. The van der Waals surface area contributed by atoms with Gasteiger partial charge < -0.3 is 20.4 Å². The fourth-order valence-electron chi connectivity index (χ4n) is 4.73. The molecule has 7 heteroatoms. The number of hydrogen-bond donors (Lipinski definition) is 3. The number of likely N-dealkylation sites (tertiary alicyclic amines) is 1. The Morgan fingerprint density at radius 1 is 1.03 bits per heavy atom. The normalized spacial score (nSPS) is 15.8. The minimum atomic E-state index is -0.654. The summed E-state index contributed by atoms with van der Waals surface area (Å²) in [5.74, 6) is 0.316. The van der Waals surface area contributed by atoms with Gasteiger partial charge in [-0.25, -0.2) is 0 Å². The summed E-state index contributed by atoms with van der Waals surface area (Å²) in [5.41, 5.74) is 3.17. The van der Waals surface area contributed by atoms with Gasteiger partial charge >= 0.3 is 0 Å². The van der Waals surface area contributed by atoms with Crippen LogP contribution in [0.2, 0.25) is 0 Å². The van der Waals surface area contributed by atoms with Gasteiger partial charge in [0, 0.05) is 36.0 Å². The Kier molecular flexibility index (Phi) is 8.08. The molecule has 186 valence electrons. The number of methoxy groups -OCH3 is 1. The Hall–Kier alpha value is -3.32. The Morgan fingerprint density at radius 2 is 1.74 bits per heavy atom. The van der Waals surface area contributed by atoms with E-state index in [1.165, 1.54) is 0 Å². The highest BCUT2D eigenvalue weighted by atomic mass is 16.5. The smallest absolute Gasteiger partial charge is 0.242 e. The zero-order valence-corrected chi connectivity index (χ0v) is 20.8. The van der Waals surface area contributed by atoms with E-state index in [1.807, 2.05) is 56.4 Å². The number of ether oxygens (including phenoxy) is 1. The number of para-hydroxylation sites is 1. The van der Waals surface area contributed by atoms with Crippen LogP contribution in [0.4, 0.5) is 0 Å². The number of H-pyrrole nitrogens is 1. The molecule has 2 aromatic carbocycles. The van der Waals surface area contributed by atoms with E-state index in [9.17, 15) is 9.59 Å². The highest BCUT2D eigenvalue weighted by Gasteiger charge is 2.27. The summed E-state index contributed by atoms with van der Waals surface area (Å²) in [4.78, 5) is 31.7. The van der Waals surface area contributed by atoms with Crippen LogP contribution in [-0.4, -0.2) is 54.5 Å². The van der Waals surface area contributed by atoms with Crippen molar-refractivity contribution < 1.29 is 14.3 Å². The summed E-state index contributed by atoms with van der Waals surface area (Å²) in [6, 6.07) is 15.5. The molecule has 1 aliphatic rings. The third-order valence-electron chi connectivity index (χ3n) is 6.81. The van der Waals surface area contributed by atoms with Crippen molar-refractivity contribution >= 4 is 22.7 Å². The van der Waals surface area contributed by atoms with E-state index in [1.54, 1.807) is 7.11 Å². The van der Waals surface area contributed by atoms with Crippen LogP contribution in [0.25, 0.3) is 10.9 Å². The SMILES string of the molecule is COc1ccc(C(CNC(=O)C(Cc2c[nH]c3ccccc23)NC(=O)C(C)C)N2CCCC2)cc1. The molecule has 0 aliphatic carbocycles. The van der Waals surface area contributed by atoms with Crippen LogP contribution in [-0.2, 0) is 16.0 Å². The molecule has 1 fully saturated rings. The van der Waals surface area contributed by atoms with E-state index in [4.69, 9.17) is 4.74 Å². The van der Waals surface area contributed by atoms with Gasteiger partial charge in [-0.3, -0.25) is 14.5 Å². The van der Waals surface area contributed by atoms with Crippen molar-refractivity contribution in [2.75, 3.05) is 26.7 Å². The van der Waals surface area contributed by atoms with Crippen molar-refractivity contribution in [3.63, 3.8) is 0 Å². The Morgan fingerprint density at radius 3 is 2.43 bits per heavy atom. The van der Waals surface area contributed by atoms with Crippen molar-refractivity contribution in [3.8, 4) is 5.75 Å². The Bertz CT molecular complexity index is 1130. The van der Waals surface area contributed by atoms with Crippen molar-refractivity contribution in [1.82, 2.24) is 20.5 Å². The quantitative estimate of drug-likeness (QED) is 0.415. The topological polar surface area (TPSA) is 86.5 Å². The largest absolute Gasteiger partial charge is 0.497 e. The average molecular weight is 477 g/mol. The first-order valence-electron chi connectivity index (χ1n) is 12.5. The predicted molar refractivity (Wildman–Crippen MR) is 138 cm³/mol. The molecule has 2 amide bonds. The molecule has 1 saturated heterocycles. The van der Waals surface area contributed by atoms with Crippen molar-refractivity contribution in [2.45, 2.75) is 45.2 Å². The summed E-state index contributed by atoms with van der Waals surface area (Å²) in [6.45, 7) is 6.17. The molecular formula is C28H36N4O3. The zero-order valence-electron chi connectivity index (χ0n) is 20.8. The second-order valence-electron chi connectivity index (χ2n) is 9.56. The molecule has 1 aromatic heterocycles. The minimum absolute atomic E-state index is 0.0712. The second-order valence-corrected chi connectivity index (χ2v) is 9.56. The van der Waals surface area contributed by atoms with Gasteiger partial charge in [0.2, 0.25) is 11.8 Å². The molecule has 4 rings (SSSR count). The van der Waals surface area contributed by atoms with Gasteiger partial charge in [-0.2, -0.15) is 0 Å². The van der Waals surface area contributed by atoms with Crippen LogP contribution < -0.4 is 15.4 Å².